The normalized spacial score (nSPS) is 12.7. The molecule has 0 aliphatic rings. The fraction of sp³-hybridized carbons (Fsp3) is 0.818. The number of ketones is 1. The molecule has 0 rings (SSSR count). The lowest BCUT2D eigenvalue weighted by Gasteiger charge is -2.35. The number of carbonyl (C=O) groups excluding carboxylic acids is 2. The van der Waals surface area contributed by atoms with Crippen molar-refractivity contribution >= 4 is 21.7 Å². The molecule has 0 aromatic rings. The molecule has 1 amide bonds. The van der Waals surface area contributed by atoms with Gasteiger partial charge in [0.15, 0.2) is 0 Å². The molecule has 0 spiro atoms. The fourth-order valence-corrected chi connectivity index (χ4v) is 2.37. The second kappa shape index (κ2) is 6.16. The maximum atomic E-state index is 10.9. The standard InChI is InChI=1S/C11H23NO2S/c1-9(2)15(4,5)8-6-7-12-11(14)10(3)13/h9H,6-8H2,1-5H3,(H,12,14). The Hall–Kier alpha value is -0.510. The van der Waals surface area contributed by atoms with Gasteiger partial charge in [-0.3, -0.25) is 9.59 Å². The minimum absolute atomic E-state index is 0.412. The van der Waals surface area contributed by atoms with Gasteiger partial charge in [0.25, 0.3) is 5.91 Å². The Kier molecular flexibility index (Phi) is 5.95. The van der Waals surface area contributed by atoms with Gasteiger partial charge >= 0.3 is 0 Å². The molecule has 0 aliphatic heterocycles. The Labute approximate surface area is 94.3 Å². The van der Waals surface area contributed by atoms with E-state index in [2.05, 4.69) is 31.7 Å². The van der Waals surface area contributed by atoms with E-state index >= 15 is 0 Å². The summed E-state index contributed by atoms with van der Waals surface area (Å²) < 4.78 is 0. The number of carbonyl (C=O) groups is 2. The van der Waals surface area contributed by atoms with Crippen molar-refractivity contribution in [1.29, 1.82) is 0 Å². The van der Waals surface area contributed by atoms with Crippen molar-refractivity contribution in [3.8, 4) is 0 Å². The highest BCUT2D eigenvalue weighted by Gasteiger charge is 2.15. The van der Waals surface area contributed by atoms with Crippen molar-refractivity contribution in [2.45, 2.75) is 32.4 Å². The largest absolute Gasteiger partial charge is 0.349 e. The van der Waals surface area contributed by atoms with E-state index in [-0.39, 0.29) is 0 Å². The maximum absolute atomic E-state index is 10.9. The number of hydrogen-bond donors (Lipinski definition) is 1. The van der Waals surface area contributed by atoms with Crippen LogP contribution in [0, 0.1) is 0 Å². The number of hydrogen-bond acceptors (Lipinski definition) is 2. The Morgan fingerprint density at radius 3 is 2.20 bits per heavy atom. The van der Waals surface area contributed by atoms with Crippen LogP contribution in [0.4, 0.5) is 0 Å². The molecule has 0 unspecified atom stereocenters. The maximum Gasteiger partial charge on any atom is 0.287 e. The first-order valence-electron chi connectivity index (χ1n) is 5.26. The van der Waals surface area contributed by atoms with E-state index < -0.39 is 21.7 Å². The van der Waals surface area contributed by atoms with Gasteiger partial charge in [0.2, 0.25) is 5.78 Å². The second-order valence-electron chi connectivity index (χ2n) is 4.54. The molecule has 1 N–H and O–H groups in total. The van der Waals surface area contributed by atoms with Gasteiger partial charge in [-0.1, -0.05) is 13.8 Å². The van der Waals surface area contributed by atoms with Gasteiger partial charge in [-0.15, -0.1) is 0 Å². The van der Waals surface area contributed by atoms with Crippen LogP contribution in [0.5, 0.6) is 0 Å². The zero-order chi connectivity index (χ0) is 12.1. The summed E-state index contributed by atoms with van der Waals surface area (Å²) in [7, 11) is -0.553. The molecule has 0 bridgehead atoms. The molecule has 0 radical (unpaired) electrons. The van der Waals surface area contributed by atoms with E-state index in [4.69, 9.17) is 0 Å². The SMILES string of the molecule is CC(=O)C(=O)NCCCS(C)(C)C(C)C. The highest BCUT2D eigenvalue weighted by atomic mass is 32.3. The lowest BCUT2D eigenvalue weighted by atomic mass is 10.4. The molecule has 0 atom stereocenters. The number of rotatable bonds is 6. The summed E-state index contributed by atoms with van der Waals surface area (Å²) in [6.45, 7) is 6.38. The van der Waals surface area contributed by atoms with Gasteiger partial charge in [0.05, 0.1) is 0 Å². The van der Waals surface area contributed by atoms with E-state index in [1.54, 1.807) is 0 Å². The lowest BCUT2D eigenvalue weighted by Crippen LogP contribution is -2.30. The Balaban J connectivity index is 3.72. The smallest absolute Gasteiger partial charge is 0.287 e. The van der Waals surface area contributed by atoms with Crippen LogP contribution in [0.1, 0.15) is 27.2 Å². The monoisotopic (exact) mass is 233 g/mol. The first kappa shape index (κ1) is 14.5. The Morgan fingerprint density at radius 2 is 1.80 bits per heavy atom. The molecule has 90 valence electrons. The number of Topliss-reactive ketones (excluding diaryl/α,β-unsaturated/α-hetero) is 1. The molecule has 0 aliphatic carbocycles. The van der Waals surface area contributed by atoms with Gasteiger partial charge in [-0.2, -0.15) is 0 Å². The molecule has 0 aromatic heterocycles. The van der Waals surface area contributed by atoms with E-state index in [1.807, 2.05) is 0 Å². The molecule has 0 saturated heterocycles. The minimum atomic E-state index is -0.553. The summed E-state index contributed by atoms with van der Waals surface area (Å²) in [6, 6.07) is 0. The van der Waals surface area contributed by atoms with Crippen molar-refractivity contribution in [1.82, 2.24) is 5.32 Å². The number of nitrogens with one attached hydrogen (secondary N) is 1. The highest BCUT2D eigenvalue weighted by Crippen LogP contribution is 2.45. The van der Waals surface area contributed by atoms with Crippen LogP contribution in [0.15, 0.2) is 0 Å². The topological polar surface area (TPSA) is 46.2 Å². The lowest BCUT2D eigenvalue weighted by molar-refractivity contribution is -0.136. The van der Waals surface area contributed by atoms with Crippen LogP contribution >= 0.6 is 10.0 Å². The summed E-state index contributed by atoms with van der Waals surface area (Å²) in [5, 5.41) is 3.33. The quantitative estimate of drug-likeness (QED) is 0.559. The van der Waals surface area contributed by atoms with Gasteiger partial charge < -0.3 is 5.32 Å². The summed E-state index contributed by atoms with van der Waals surface area (Å²) in [5.74, 6) is 0.265. The van der Waals surface area contributed by atoms with E-state index in [1.165, 1.54) is 6.92 Å². The van der Waals surface area contributed by atoms with Gasteiger partial charge in [-0.25, -0.2) is 10.0 Å². The first-order valence-corrected chi connectivity index (χ1v) is 7.94. The van der Waals surface area contributed by atoms with Crippen LogP contribution in [0.25, 0.3) is 0 Å². The predicted molar refractivity (Wildman–Crippen MR) is 67.7 cm³/mol. The molecule has 0 saturated carbocycles. The molecule has 15 heavy (non-hydrogen) atoms. The third kappa shape index (κ3) is 5.82. The molecule has 0 fully saturated rings. The van der Waals surface area contributed by atoms with Gasteiger partial charge in [-0.05, 0) is 29.9 Å². The molecular formula is C11H23NO2S. The van der Waals surface area contributed by atoms with Crippen LogP contribution < -0.4 is 5.32 Å². The minimum Gasteiger partial charge on any atom is -0.349 e. The third-order valence-corrected chi connectivity index (χ3v) is 6.62. The highest BCUT2D eigenvalue weighted by molar-refractivity contribution is 8.33. The molecule has 0 aromatic carbocycles. The zero-order valence-corrected chi connectivity index (χ0v) is 11.2. The van der Waals surface area contributed by atoms with Crippen molar-refractivity contribution in [3.63, 3.8) is 0 Å². The van der Waals surface area contributed by atoms with E-state index in [0.29, 0.717) is 11.8 Å². The average molecular weight is 233 g/mol. The van der Waals surface area contributed by atoms with Gasteiger partial charge in [0.1, 0.15) is 0 Å². The van der Waals surface area contributed by atoms with Crippen molar-refractivity contribution in [2.24, 2.45) is 0 Å². The molecule has 3 nitrogen and oxygen atoms in total. The Bertz CT molecular complexity index is 237. The molecular weight excluding hydrogens is 210 g/mol. The van der Waals surface area contributed by atoms with E-state index in [0.717, 1.165) is 12.2 Å². The summed E-state index contributed by atoms with van der Waals surface area (Å²) >= 11 is 0. The van der Waals surface area contributed by atoms with Crippen molar-refractivity contribution < 1.29 is 9.59 Å². The fourth-order valence-electron chi connectivity index (χ4n) is 1.01. The van der Waals surface area contributed by atoms with Crippen molar-refractivity contribution in [2.75, 3.05) is 24.8 Å². The molecule has 0 heterocycles. The van der Waals surface area contributed by atoms with Crippen molar-refractivity contribution in [3.05, 3.63) is 0 Å². The summed E-state index contributed by atoms with van der Waals surface area (Å²) in [4.78, 5) is 21.6. The Morgan fingerprint density at radius 1 is 1.27 bits per heavy atom. The summed E-state index contributed by atoms with van der Waals surface area (Å²) in [5.41, 5.74) is 0. The van der Waals surface area contributed by atoms with Gasteiger partial charge in [0, 0.05) is 13.5 Å². The van der Waals surface area contributed by atoms with Crippen LogP contribution in [-0.4, -0.2) is 41.7 Å². The van der Waals surface area contributed by atoms with E-state index in [9.17, 15) is 9.59 Å². The molecule has 4 heteroatoms. The van der Waals surface area contributed by atoms with Crippen LogP contribution in [0.2, 0.25) is 0 Å². The van der Waals surface area contributed by atoms with Crippen LogP contribution in [-0.2, 0) is 9.59 Å². The summed E-state index contributed by atoms with van der Waals surface area (Å²) in [6.07, 6.45) is 5.58. The zero-order valence-electron chi connectivity index (χ0n) is 10.4. The average Bonchev–Trinajstić information content (AvgIpc) is 2.11. The number of amides is 1. The third-order valence-electron chi connectivity index (χ3n) is 2.73. The second-order valence-corrected chi connectivity index (χ2v) is 9.14. The van der Waals surface area contributed by atoms with Crippen LogP contribution in [0.3, 0.4) is 0 Å². The first-order chi connectivity index (χ1) is 6.77. The predicted octanol–water partition coefficient (Wildman–Crippen LogP) is 1.55.